The Balaban J connectivity index is 1.97. The van der Waals surface area contributed by atoms with E-state index in [4.69, 9.17) is 27.8 Å². The number of nitrogens with zero attached hydrogens (tertiary/aromatic N) is 2. The molecule has 0 bridgehead atoms. The van der Waals surface area contributed by atoms with Crippen molar-refractivity contribution in [3.63, 3.8) is 0 Å². The van der Waals surface area contributed by atoms with E-state index in [1.165, 1.54) is 0 Å². The Morgan fingerprint density at radius 2 is 1.80 bits per heavy atom. The average Bonchev–Trinajstić information content (AvgIpc) is 2.62. The lowest BCUT2D eigenvalue weighted by atomic mass is 9.85. The molecule has 1 heterocycles. The zero-order chi connectivity index (χ0) is 17.6. The molecule has 0 radical (unpaired) electrons. The molecule has 6 heteroatoms. The van der Waals surface area contributed by atoms with Crippen LogP contribution in [-0.4, -0.2) is 17.1 Å². The number of aryl methyl sites for hydroxylation is 2. The molecule has 3 aromatic rings. The minimum Gasteiger partial charge on any atom is -0.497 e. The fourth-order valence-corrected chi connectivity index (χ4v) is 3.46. The molecular weight excluding hydrogens is 336 g/mol. The van der Waals surface area contributed by atoms with Crippen molar-refractivity contribution in [1.82, 2.24) is 9.97 Å². The summed E-state index contributed by atoms with van der Waals surface area (Å²) in [4.78, 5) is 8.97. The van der Waals surface area contributed by atoms with E-state index >= 15 is 0 Å². The van der Waals surface area contributed by atoms with Crippen LogP contribution < -0.4 is 16.2 Å². The van der Waals surface area contributed by atoms with E-state index in [-0.39, 0.29) is 5.95 Å². The first-order valence-electron chi connectivity index (χ1n) is 7.96. The molecular formula is C19H17ClN4O. The highest BCUT2D eigenvalue weighted by Crippen LogP contribution is 2.41. The van der Waals surface area contributed by atoms with Gasteiger partial charge in [-0.25, -0.2) is 9.97 Å². The van der Waals surface area contributed by atoms with Crippen molar-refractivity contribution in [3.8, 4) is 28.1 Å². The molecule has 0 aliphatic heterocycles. The largest absolute Gasteiger partial charge is 0.497 e. The van der Waals surface area contributed by atoms with Gasteiger partial charge >= 0.3 is 0 Å². The number of ether oxygens (including phenoxy) is 1. The molecule has 0 saturated heterocycles. The standard InChI is InChI=1S/C19H17ClN4O/c1-25-12-5-2-10(3-6-12)18-17-13-9-15(21)14(20)8-11(13)4-7-16(17)23-19(22)24-18/h2-3,5-6,8-9H,4,7,21H2,1H3,(H2,22,23,24). The molecule has 0 unspecified atom stereocenters. The smallest absolute Gasteiger partial charge is 0.220 e. The number of rotatable bonds is 2. The van der Waals surface area contributed by atoms with E-state index in [0.717, 1.165) is 52.2 Å². The molecule has 4 N–H and O–H groups in total. The molecule has 126 valence electrons. The normalized spacial score (nSPS) is 12.4. The fraction of sp³-hybridized carbons (Fsp3) is 0.158. The second-order valence-corrected chi connectivity index (χ2v) is 6.42. The minimum atomic E-state index is 0.273. The van der Waals surface area contributed by atoms with E-state index in [0.29, 0.717) is 10.7 Å². The van der Waals surface area contributed by atoms with Gasteiger partial charge in [-0.15, -0.1) is 0 Å². The molecule has 0 amide bonds. The van der Waals surface area contributed by atoms with Gasteiger partial charge in [-0.05, 0) is 60.4 Å². The van der Waals surface area contributed by atoms with Gasteiger partial charge in [0.2, 0.25) is 5.95 Å². The summed E-state index contributed by atoms with van der Waals surface area (Å²) in [5.74, 6) is 1.06. The maximum Gasteiger partial charge on any atom is 0.220 e. The first-order chi connectivity index (χ1) is 12.1. The molecule has 0 spiro atoms. The lowest BCUT2D eigenvalue weighted by Gasteiger charge is -2.23. The molecule has 2 aromatic carbocycles. The van der Waals surface area contributed by atoms with Crippen LogP contribution in [0.1, 0.15) is 11.3 Å². The fourth-order valence-electron chi connectivity index (χ4n) is 3.27. The first kappa shape index (κ1) is 15.7. The predicted octanol–water partition coefficient (Wildman–Crippen LogP) is 3.74. The quantitative estimate of drug-likeness (QED) is 0.686. The lowest BCUT2D eigenvalue weighted by molar-refractivity contribution is 0.415. The summed E-state index contributed by atoms with van der Waals surface area (Å²) < 4.78 is 5.24. The van der Waals surface area contributed by atoms with E-state index in [1.807, 2.05) is 36.4 Å². The number of aromatic nitrogens is 2. The van der Waals surface area contributed by atoms with Crippen molar-refractivity contribution in [1.29, 1.82) is 0 Å². The topological polar surface area (TPSA) is 87.0 Å². The van der Waals surface area contributed by atoms with Gasteiger partial charge in [0.1, 0.15) is 5.75 Å². The maximum absolute atomic E-state index is 6.20. The number of hydrogen-bond acceptors (Lipinski definition) is 5. The monoisotopic (exact) mass is 352 g/mol. The van der Waals surface area contributed by atoms with Gasteiger partial charge in [0, 0.05) is 11.1 Å². The third-order valence-electron chi connectivity index (χ3n) is 4.49. The number of halogens is 1. The Hall–Kier alpha value is -2.79. The Morgan fingerprint density at radius 1 is 1.04 bits per heavy atom. The van der Waals surface area contributed by atoms with Gasteiger partial charge in [0.25, 0.3) is 0 Å². The minimum absolute atomic E-state index is 0.273. The number of nitrogen functional groups attached to an aromatic ring is 2. The number of methoxy groups -OCH3 is 1. The van der Waals surface area contributed by atoms with E-state index < -0.39 is 0 Å². The molecule has 0 atom stereocenters. The Kier molecular flexibility index (Phi) is 3.73. The summed E-state index contributed by atoms with van der Waals surface area (Å²) in [6.45, 7) is 0. The van der Waals surface area contributed by atoms with Crippen LogP contribution in [0.5, 0.6) is 5.75 Å². The number of anilines is 2. The molecule has 1 aliphatic rings. The van der Waals surface area contributed by atoms with Crippen molar-refractivity contribution in [3.05, 3.63) is 52.7 Å². The van der Waals surface area contributed by atoms with Crippen LogP contribution in [0, 0.1) is 0 Å². The second-order valence-electron chi connectivity index (χ2n) is 6.01. The zero-order valence-electron chi connectivity index (χ0n) is 13.7. The van der Waals surface area contributed by atoms with Crippen molar-refractivity contribution in [2.24, 2.45) is 0 Å². The summed E-state index contributed by atoms with van der Waals surface area (Å²) in [5.41, 5.74) is 18.4. The van der Waals surface area contributed by atoms with Crippen molar-refractivity contribution in [2.75, 3.05) is 18.6 Å². The predicted molar refractivity (Wildman–Crippen MR) is 101 cm³/mol. The van der Waals surface area contributed by atoms with Gasteiger partial charge in [0.15, 0.2) is 0 Å². The Bertz CT molecular complexity index is 970. The van der Waals surface area contributed by atoms with E-state index in [9.17, 15) is 0 Å². The maximum atomic E-state index is 6.20. The van der Waals surface area contributed by atoms with Gasteiger partial charge in [0.05, 0.1) is 29.2 Å². The summed E-state index contributed by atoms with van der Waals surface area (Å²) in [5, 5.41) is 0.574. The van der Waals surface area contributed by atoms with E-state index in [2.05, 4.69) is 9.97 Å². The second kappa shape index (κ2) is 5.93. The molecule has 1 aromatic heterocycles. The van der Waals surface area contributed by atoms with Crippen LogP contribution in [0.2, 0.25) is 5.02 Å². The van der Waals surface area contributed by atoms with Gasteiger partial charge < -0.3 is 16.2 Å². The van der Waals surface area contributed by atoms with Crippen molar-refractivity contribution >= 4 is 23.2 Å². The van der Waals surface area contributed by atoms with Crippen molar-refractivity contribution < 1.29 is 4.74 Å². The number of benzene rings is 2. The van der Waals surface area contributed by atoms with Crippen LogP contribution in [0.15, 0.2) is 36.4 Å². The summed E-state index contributed by atoms with van der Waals surface area (Å²) in [6.07, 6.45) is 1.64. The highest BCUT2D eigenvalue weighted by atomic mass is 35.5. The molecule has 4 rings (SSSR count). The van der Waals surface area contributed by atoms with Crippen LogP contribution in [0.4, 0.5) is 11.6 Å². The molecule has 0 saturated carbocycles. The SMILES string of the molecule is COc1ccc(-c2nc(N)nc3c2-c2cc(N)c(Cl)cc2CC3)cc1. The molecule has 0 fully saturated rings. The molecule has 1 aliphatic carbocycles. The number of hydrogen-bond donors (Lipinski definition) is 2. The average molecular weight is 353 g/mol. The van der Waals surface area contributed by atoms with Crippen LogP contribution in [0.25, 0.3) is 22.4 Å². The highest BCUT2D eigenvalue weighted by molar-refractivity contribution is 6.33. The van der Waals surface area contributed by atoms with Gasteiger partial charge in [-0.1, -0.05) is 11.6 Å². The number of fused-ring (bicyclic) bond motifs is 3. The lowest BCUT2D eigenvalue weighted by Crippen LogP contribution is -2.12. The van der Waals surface area contributed by atoms with Gasteiger partial charge in [-0.2, -0.15) is 0 Å². The van der Waals surface area contributed by atoms with Crippen LogP contribution >= 0.6 is 11.6 Å². The molecule has 5 nitrogen and oxygen atoms in total. The summed E-state index contributed by atoms with van der Waals surface area (Å²) in [7, 11) is 1.64. The Labute approximate surface area is 150 Å². The summed E-state index contributed by atoms with van der Waals surface area (Å²) >= 11 is 6.20. The third-order valence-corrected chi connectivity index (χ3v) is 4.82. The first-order valence-corrected chi connectivity index (χ1v) is 8.33. The van der Waals surface area contributed by atoms with Gasteiger partial charge in [-0.3, -0.25) is 0 Å². The summed E-state index contributed by atoms with van der Waals surface area (Å²) in [6, 6.07) is 11.6. The molecule has 25 heavy (non-hydrogen) atoms. The van der Waals surface area contributed by atoms with E-state index in [1.54, 1.807) is 7.11 Å². The number of nitrogens with two attached hydrogens (primary N) is 2. The van der Waals surface area contributed by atoms with Crippen LogP contribution in [-0.2, 0) is 12.8 Å². The third kappa shape index (κ3) is 2.66. The van der Waals surface area contributed by atoms with Crippen LogP contribution in [0.3, 0.4) is 0 Å². The zero-order valence-corrected chi connectivity index (χ0v) is 14.5. The Morgan fingerprint density at radius 3 is 2.52 bits per heavy atom. The van der Waals surface area contributed by atoms with Crippen molar-refractivity contribution in [2.45, 2.75) is 12.8 Å². The highest BCUT2D eigenvalue weighted by Gasteiger charge is 2.24.